The molecular weight excluding hydrogens is 294 g/mol. The van der Waals surface area contributed by atoms with Crippen molar-refractivity contribution >= 4 is 11.9 Å². The Morgan fingerprint density at radius 1 is 1.17 bits per heavy atom. The number of nitrogens with one attached hydrogen (secondary N) is 1. The molecule has 2 heterocycles. The summed E-state index contributed by atoms with van der Waals surface area (Å²) in [5, 5.41) is 3.35. The van der Waals surface area contributed by atoms with Crippen LogP contribution < -0.4 is 5.32 Å². The first-order chi connectivity index (χ1) is 11.2. The van der Waals surface area contributed by atoms with E-state index in [1.807, 2.05) is 4.90 Å². The smallest absolute Gasteiger partial charge is 0.337 e. The van der Waals surface area contributed by atoms with Crippen molar-refractivity contribution in [2.24, 2.45) is 0 Å². The van der Waals surface area contributed by atoms with Crippen molar-refractivity contribution in [1.82, 2.24) is 15.1 Å². The van der Waals surface area contributed by atoms with Gasteiger partial charge in [0.05, 0.1) is 12.7 Å². The fraction of sp³-hybridized carbons (Fsp3) is 0.529. The average molecular weight is 317 g/mol. The number of piperazine rings is 1. The van der Waals surface area contributed by atoms with E-state index in [-0.39, 0.29) is 5.91 Å². The lowest BCUT2D eigenvalue weighted by Crippen LogP contribution is -2.49. The summed E-state index contributed by atoms with van der Waals surface area (Å²) in [5.41, 5.74) is 0.963. The molecule has 2 aliphatic heterocycles. The number of rotatable bonds is 3. The van der Waals surface area contributed by atoms with Gasteiger partial charge in [0.1, 0.15) is 0 Å². The van der Waals surface area contributed by atoms with Gasteiger partial charge in [0.15, 0.2) is 0 Å². The van der Waals surface area contributed by atoms with E-state index in [9.17, 15) is 9.59 Å². The van der Waals surface area contributed by atoms with E-state index >= 15 is 0 Å². The molecule has 0 saturated carbocycles. The van der Waals surface area contributed by atoms with Crippen molar-refractivity contribution < 1.29 is 14.3 Å². The van der Waals surface area contributed by atoms with Crippen molar-refractivity contribution in [2.75, 3.05) is 46.4 Å². The number of benzene rings is 1. The van der Waals surface area contributed by atoms with Crippen molar-refractivity contribution in [2.45, 2.75) is 12.5 Å². The summed E-state index contributed by atoms with van der Waals surface area (Å²) in [4.78, 5) is 28.6. The molecule has 124 valence electrons. The molecule has 0 aromatic heterocycles. The lowest BCUT2D eigenvalue weighted by molar-refractivity contribution is 0.0600. The minimum atomic E-state index is -0.417. The molecule has 0 aliphatic carbocycles. The number of ether oxygens (including phenoxy) is 1. The largest absolute Gasteiger partial charge is 0.465 e. The van der Waals surface area contributed by atoms with Gasteiger partial charge in [-0.1, -0.05) is 6.07 Å². The molecule has 6 nitrogen and oxygen atoms in total. The van der Waals surface area contributed by atoms with E-state index in [1.54, 1.807) is 24.3 Å². The maximum absolute atomic E-state index is 12.7. The second kappa shape index (κ2) is 7.10. The van der Waals surface area contributed by atoms with Gasteiger partial charge in [-0.05, 0) is 24.6 Å². The fourth-order valence-corrected chi connectivity index (χ4v) is 3.35. The number of likely N-dealkylation sites (tertiary alicyclic amines) is 1. The molecule has 0 bridgehead atoms. The summed E-state index contributed by atoms with van der Waals surface area (Å²) < 4.78 is 4.72. The van der Waals surface area contributed by atoms with Crippen LogP contribution in [0.3, 0.4) is 0 Å². The number of hydrogen-bond donors (Lipinski definition) is 1. The minimum absolute atomic E-state index is 0.00612. The Balaban J connectivity index is 1.65. The molecule has 0 spiro atoms. The van der Waals surface area contributed by atoms with E-state index in [0.717, 1.165) is 45.7 Å². The molecule has 1 aromatic rings. The highest BCUT2D eigenvalue weighted by molar-refractivity contribution is 5.98. The van der Waals surface area contributed by atoms with Gasteiger partial charge in [-0.25, -0.2) is 4.79 Å². The Labute approximate surface area is 136 Å². The third kappa shape index (κ3) is 3.54. The van der Waals surface area contributed by atoms with Crippen LogP contribution in [0.1, 0.15) is 27.1 Å². The number of carbonyl (C=O) groups excluding carboxylic acids is 2. The zero-order valence-electron chi connectivity index (χ0n) is 13.5. The average Bonchev–Trinajstić information content (AvgIpc) is 3.11. The molecule has 2 fully saturated rings. The summed E-state index contributed by atoms with van der Waals surface area (Å²) in [7, 11) is 1.34. The van der Waals surface area contributed by atoms with E-state index < -0.39 is 5.97 Å². The summed E-state index contributed by atoms with van der Waals surface area (Å²) in [6.07, 6.45) is 1.02. The molecule has 3 rings (SSSR count). The second-order valence-electron chi connectivity index (χ2n) is 6.05. The van der Waals surface area contributed by atoms with Crippen molar-refractivity contribution in [1.29, 1.82) is 0 Å². The van der Waals surface area contributed by atoms with Crippen LogP contribution in [-0.4, -0.2) is 74.1 Å². The maximum atomic E-state index is 12.7. The number of esters is 1. The van der Waals surface area contributed by atoms with Gasteiger partial charge < -0.3 is 15.0 Å². The number of methoxy groups -OCH3 is 1. The first-order valence-corrected chi connectivity index (χ1v) is 8.11. The topological polar surface area (TPSA) is 61.9 Å². The second-order valence-corrected chi connectivity index (χ2v) is 6.05. The molecule has 1 N–H and O–H groups in total. The summed E-state index contributed by atoms with van der Waals surface area (Å²) in [6, 6.07) is 7.21. The standard InChI is InChI=1S/C17H23N3O3/c1-23-17(22)14-4-2-3-13(11-14)16(21)20-8-5-15(12-20)19-9-6-18-7-10-19/h2-4,11,15,18H,5-10,12H2,1H3. The molecule has 2 aliphatic rings. The lowest BCUT2D eigenvalue weighted by Gasteiger charge is -2.32. The maximum Gasteiger partial charge on any atom is 0.337 e. The normalized spacial score (nSPS) is 22.1. The SMILES string of the molecule is COC(=O)c1cccc(C(=O)N2CCC(N3CCNCC3)C2)c1. The number of nitrogens with zero attached hydrogens (tertiary/aromatic N) is 2. The van der Waals surface area contributed by atoms with Crippen LogP contribution in [-0.2, 0) is 4.74 Å². The van der Waals surface area contributed by atoms with Gasteiger partial charge in [-0.2, -0.15) is 0 Å². The van der Waals surface area contributed by atoms with Crippen LogP contribution in [0.25, 0.3) is 0 Å². The fourth-order valence-electron chi connectivity index (χ4n) is 3.35. The zero-order valence-corrected chi connectivity index (χ0v) is 13.5. The first kappa shape index (κ1) is 16.0. The minimum Gasteiger partial charge on any atom is -0.465 e. The van der Waals surface area contributed by atoms with Gasteiger partial charge >= 0.3 is 5.97 Å². The Morgan fingerprint density at radius 2 is 1.91 bits per heavy atom. The summed E-state index contributed by atoms with van der Waals surface area (Å²) in [6.45, 7) is 5.67. The monoisotopic (exact) mass is 317 g/mol. The van der Waals surface area contributed by atoms with Gasteiger partial charge in [-0.3, -0.25) is 9.69 Å². The molecule has 6 heteroatoms. The molecule has 1 atom stereocenters. The highest BCUT2D eigenvalue weighted by atomic mass is 16.5. The summed E-state index contributed by atoms with van der Waals surface area (Å²) >= 11 is 0. The predicted molar refractivity (Wildman–Crippen MR) is 86.5 cm³/mol. The van der Waals surface area contributed by atoms with Gasteiger partial charge in [0, 0.05) is 50.9 Å². The van der Waals surface area contributed by atoms with Crippen LogP contribution in [0, 0.1) is 0 Å². The van der Waals surface area contributed by atoms with Crippen LogP contribution in [0.15, 0.2) is 24.3 Å². The Morgan fingerprint density at radius 3 is 2.65 bits per heavy atom. The lowest BCUT2D eigenvalue weighted by atomic mass is 10.1. The van der Waals surface area contributed by atoms with E-state index in [1.165, 1.54) is 7.11 Å². The number of hydrogen-bond acceptors (Lipinski definition) is 5. The van der Waals surface area contributed by atoms with Crippen LogP contribution in [0.2, 0.25) is 0 Å². The molecule has 1 unspecified atom stereocenters. The third-order valence-electron chi connectivity index (χ3n) is 4.65. The zero-order chi connectivity index (χ0) is 16.2. The van der Waals surface area contributed by atoms with E-state index in [0.29, 0.717) is 17.2 Å². The molecule has 23 heavy (non-hydrogen) atoms. The highest BCUT2D eigenvalue weighted by Crippen LogP contribution is 2.19. The van der Waals surface area contributed by atoms with Crippen molar-refractivity contribution in [3.05, 3.63) is 35.4 Å². The number of carbonyl (C=O) groups is 2. The van der Waals surface area contributed by atoms with E-state index in [4.69, 9.17) is 4.74 Å². The quantitative estimate of drug-likeness (QED) is 0.827. The molecule has 1 amide bonds. The van der Waals surface area contributed by atoms with Crippen molar-refractivity contribution in [3.8, 4) is 0 Å². The van der Waals surface area contributed by atoms with Crippen LogP contribution in [0.5, 0.6) is 0 Å². The Kier molecular flexibility index (Phi) is 4.93. The van der Waals surface area contributed by atoms with Gasteiger partial charge in [0.2, 0.25) is 0 Å². The molecule has 2 saturated heterocycles. The van der Waals surface area contributed by atoms with Crippen LogP contribution >= 0.6 is 0 Å². The number of amides is 1. The van der Waals surface area contributed by atoms with Crippen LogP contribution in [0.4, 0.5) is 0 Å². The Bertz CT molecular complexity index is 584. The van der Waals surface area contributed by atoms with Gasteiger partial charge in [-0.15, -0.1) is 0 Å². The molecule has 0 radical (unpaired) electrons. The molecule has 1 aromatic carbocycles. The van der Waals surface area contributed by atoms with Gasteiger partial charge in [0.25, 0.3) is 5.91 Å². The predicted octanol–water partition coefficient (Wildman–Crippen LogP) is 0.593. The highest BCUT2D eigenvalue weighted by Gasteiger charge is 2.31. The Hall–Kier alpha value is -1.92. The summed E-state index contributed by atoms with van der Waals surface area (Å²) in [5.74, 6) is -0.423. The molecular formula is C17H23N3O3. The van der Waals surface area contributed by atoms with Crippen molar-refractivity contribution in [3.63, 3.8) is 0 Å². The van der Waals surface area contributed by atoms with E-state index in [2.05, 4.69) is 10.2 Å². The third-order valence-corrected chi connectivity index (χ3v) is 4.65. The first-order valence-electron chi connectivity index (χ1n) is 8.11.